The first-order chi connectivity index (χ1) is 12.7. The Hall–Kier alpha value is -2.87. The van der Waals surface area contributed by atoms with Crippen LogP contribution in [0.4, 0.5) is 11.4 Å². The van der Waals surface area contributed by atoms with Crippen LogP contribution in [0.5, 0.6) is 0 Å². The molecule has 0 aliphatic carbocycles. The molecule has 0 bridgehead atoms. The van der Waals surface area contributed by atoms with Crippen molar-refractivity contribution in [2.75, 3.05) is 22.8 Å². The minimum absolute atomic E-state index is 0.267. The summed E-state index contributed by atoms with van der Waals surface area (Å²) < 4.78 is 25.3. The van der Waals surface area contributed by atoms with E-state index in [4.69, 9.17) is 0 Å². The van der Waals surface area contributed by atoms with E-state index in [1.54, 1.807) is 49.4 Å². The lowest BCUT2D eigenvalue weighted by Gasteiger charge is -2.14. The zero-order chi connectivity index (χ0) is 20.0. The maximum Gasteiger partial charge on any atom is 0.256 e. The van der Waals surface area contributed by atoms with E-state index in [-0.39, 0.29) is 5.91 Å². The second kappa shape index (κ2) is 8.68. The van der Waals surface area contributed by atoms with Gasteiger partial charge in [0.05, 0.1) is 23.2 Å². The van der Waals surface area contributed by atoms with Gasteiger partial charge in [-0.3, -0.25) is 14.3 Å². The molecule has 0 aromatic heterocycles. The van der Waals surface area contributed by atoms with E-state index in [2.05, 4.69) is 15.4 Å². The van der Waals surface area contributed by atoms with Gasteiger partial charge in [0.1, 0.15) is 0 Å². The SMILES string of the molecule is CCCNC(=O)c1ccccc1NC(=O)c1cccc(NS(C)(=O)=O)c1C. The van der Waals surface area contributed by atoms with Crippen LogP contribution in [0.25, 0.3) is 0 Å². The molecule has 2 rings (SSSR count). The minimum atomic E-state index is -3.46. The molecular weight excluding hydrogens is 366 g/mol. The first-order valence-electron chi connectivity index (χ1n) is 8.49. The van der Waals surface area contributed by atoms with Crippen LogP contribution >= 0.6 is 0 Å². The zero-order valence-electron chi connectivity index (χ0n) is 15.5. The molecule has 0 saturated carbocycles. The van der Waals surface area contributed by atoms with E-state index in [1.807, 2.05) is 6.92 Å². The summed E-state index contributed by atoms with van der Waals surface area (Å²) in [5.41, 5.74) is 1.89. The van der Waals surface area contributed by atoms with Crippen molar-refractivity contribution in [2.45, 2.75) is 20.3 Å². The predicted octanol–water partition coefficient (Wildman–Crippen LogP) is 2.76. The van der Waals surface area contributed by atoms with Crippen LogP contribution in [-0.2, 0) is 10.0 Å². The number of hydrogen-bond acceptors (Lipinski definition) is 4. The van der Waals surface area contributed by atoms with Gasteiger partial charge in [-0.05, 0) is 43.2 Å². The molecule has 0 saturated heterocycles. The van der Waals surface area contributed by atoms with Crippen molar-refractivity contribution in [3.63, 3.8) is 0 Å². The monoisotopic (exact) mass is 389 g/mol. The summed E-state index contributed by atoms with van der Waals surface area (Å²) in [4.78, 5) is 25.0. The number of benzene rings is 2. The first kappa shape index (κ1) is 20.4. The fourth-order valence-corrected chi connectivity index (χ4v) is 3.13. The van der Waals surface area contributed by atoms with Crippen LogP contribution in [0.1, 0.15) is 39.6 Å². The number of anilines is 2. The number of rotatable bonds is 7. The molecule has 0 radical (unpaired) electrons. The smallest absolute Gasteiger partial charge is 0.256 e. The lowest BCUT2D eigenvalue weighted by Crippen LogP contribution is -2.26. The fourth-order valence-electron chi connectivity index (χ4n) is 2.51. The van der Waals surface area contributed by atoms with Crippen LogP contribution in [0.15, 0.2) is 42.5 Å². The van der Waals surface area contributed by atoms with Crippen LogP contribution in [-0.4, -0.2) is 33.0 Å². The quantitative estimate of drug-likeness (QED) is 0.677. The minimum Gasteiger partial charge on any atom is -0.352 e. The van der Waals surface area contributed by atoms with Crippen molar-refractivity contribution in [1.29, 1.82) is 0 Å². The number of nitrogens with one attached hydrogen (secondary N) is 3. The first-order valence-corrected chi connectivity index (χ1v) is 10.4. The number of hydrogen-bond donors (Lipinski definition) is 3. The normalized spacial score (nSPS) is 10.9. The van der Waals surface area contributed by atoms with E-state index in [0.717, 1.165) is 12.7 Å². The average molecular weight is 389 g/mol. The molecular formula is C19H23N3O4S. The van der Waals surface area contributed by atoms with Gasteiger partial charge in [0.25, 0.3) is 11.8 Å². The largest absolute Gasteiger partial charge is 0.352 e. The van der Waals surface area contributed by atoms with Gasteiger partial charge >= 0.3 is 0 Å². The maximum absolute atomic E-state index is 12.7. The van der Waals surface area contributed by atoms with E-state index in [1.165, 1.54) is 0 Å². The Kier molecular flexibility index (Phi) is 6.57. The molecule has 2 aromatic carbocycles. The van der Waals surface area contributed by atoms with Crippen LogP contribution in [0.2, 0.25) is 0 Å². The maximum atomic E-state index is 12.7. The highest BCUT2D eigenvalue weighted by Gasteiger charge is 2.17. The molecule has 2 aromatic rings. The molecule has 0 heterocycles. The zero-order valence-corrected chi connectivity index (χ0v) is 16.3. The van der Waals surface area contributed by atoms with E-state index < -0.39 is 15.9 Å². The number of para-hydroxylation sites is 1. The molecule has 0 aliphatic rings. The number of amides is 2. The van der Waals surface area contributed by atoms with Gasteiger partial charge < -0.3 is 10.6 Å². The summed E-state index contributed by atoms with van der Waals surface area (Å²) >= 11 is 0. The highest BCUT2D eigenvalue weighted by atomic mass is 32.2. The van der Waals surface area contributed by atoms with Gasteiger partial charge in [-0.2, -0.15) is 0 Å². The topological polar surface area (TPSA) is 104 Å². The van der Waals surface area contributed by atoms with Gasteiger partial charge in [-0.25, -0.2) is 8.42 Å². The number of carbonyl (C=O) groups is 2. The molecule has 27 heavy (non-hydrogen) atoms. The summed E-state index contributed by atoms with van der Waals surface area (Å²) in [7, 11) is -3.46. The summed E-state index contributed by atoms with van der Waals surface area (Å²) in [5.74, 6) is -0.697. The van der Waals surface area contributed by atoms with Crippen molar-refractivity contribution in [3.05, 3.63) is 59.2 Å². The predicted molar refractivity (Wildman–Crippen MR) is 107 cm³/mol. The Bertz CT molecular complexity index is 955. The third-order valence-corrected chi connectivity index (χ3v) is 4.42. The van der Waals surface area contributed by atoms with Crippen molar-refractivity contribution < 1.29 is 18.0 Å². The van der Waals surface area contributed by atoms with E-state index in [0.29, 0.717) is 34.6 Å². The molecule has 144 valence electrons. The van der Waals surface area contributed by atoms with Gasteiger partial charge in [0.15, 0.2) is 0 Å². The molecule has 3 N–H and O–H groups in total. The van der Waals surface area contributed by atoms with Crippen molar-refractivity contribution in [3.8, 4) is 0 Å². The summed E-state index contributed by atoms with van der Waals surface area (Å²) in [6.07, 6.45) is 1.85. The summed E-state index contributed by atoms with van der Waals surface area (Å²) in [5, 5.41) is 5.52. The van der Waals surface area contributed by atoms with Crippen LogP contribution in [0.3, 0.4) is 0 Å². The summed E-state index contributed by atoms with van der Waals surface area (Å²) in [6, 6.07) is 11.5. The lowest BCUT2D eigenvalue weighted by atomic mass is 10.1. The molecule has 0 fully saturated rings. The molecule has 0 aliphatic heterocycles. The van der Waals surface area contributed by atoms with Gasteiger partial charge in [-0.1, -0.05) is 25.1 Å². The molecule has 0 spiro atoms. The van der Waals surface area contributed by atoms with Gasteiger partial charge in [-0.15, -0.1) is 0 Å². The molecule has 8 heteroatoms. The molecule has 0 unspecified atom stereocenters. The second-order valence-corrected chi connectivity index (χ2v) is 7.86. The van der Waals surface area contributed by atoms with Gasteiger partial charge in [0, 0.05) is 12.1 Å². The van der Waals surface area contributed by atoms with Crippen LogP contribution in [0, 0.1) is 6.92 Å². The standard InChI is InChI=1S/C19H23N3O4S/c1-4-12-20-18(23)15-8-5-6-10-17(15)21-19(24)14-9-7-11-16(13(14)2)22-27(3,25)26/h5-11,22H,4,12H2,1-3H3,(H,20,23)(H,21,24). The third kappa shape index (κ3) is 5.55. The Labute approximate surface area is 159 Å². The summed E-state index contributed by atoms with van der Waals surface area (Å²) in [6.45, 7) is 4.15. The third-order valence-electron chi connectivity index (χ3n) is 3.83. The molecule has 2 amide bonds. The van der Waals surface area contributed by atoms with Crippen molar-refractivity contribution in [2.24, 2.45) is 0 Å². The van der Waals surface area contributed by atoms with Crippen LogP contribution < -0.4 is 15.4 Å². The van der Waals surface area contributed by atoms with Crippen molar-refractivity contribution >= 4 is 33.2 Å². The van der Waals surface area contributed by atoms with E-state index >= 15 is 0 Å². The van der Waals surface area contributed by atoms with Crippen molar-refractivity contribution in [1.82, 2.24) is 5.32 Å². The Morgan fingerprint density at radius 1 is 0.926 bits per heavy atom. The second-order valence-electron chi connectivity index (χ2n) is 6.11. The van der Waals surface area contributed by atoms with E-state index in [9.17, 15) is 18.0 Å². The Morgan fingerprint density at radius 3 is 2.22 bits per heavy atom. The number of carbonyl (C=O) groups excluding carboxylic acids is 2. The lowest BCUT2D eigenvalue weighted by molar-refractivity contribution is 0.0954. The Morgan fingerprint density at radius 2 is 1.56 bits per heavy atom. The molecule has 0 atom stereocenters. The highest BCUT2D eigenvalue weighted by Crippen LogP contribution is 2.22. The number of sulfonamides is 1. The van der Waals surface area contributed by atoms with Gasteiger partial charge in [0.2, 0.25) is 10.0 Å². The average Bonchev–Trinajstić information content (AvgIpc) is 2.60. The molecule has 7 nitrogen and oxygen atoms in total. The Balaban J connectivity index is 2.29. The highest BCUT2D eigenvalue weighted by molar-refractivity contribution is 7.92. The fraction of sp³-hybridized carbons (Fsp3) is 0.263.